The van der Waals surface area contributed by atoms with Gasteiger partial charge >= 0.3 is 0 Å². The minimum Gasteiger partial charge on any atom is -0.352 e. The number of carbonyl (C=O) groups excluding carboxylic acids is 1. The van der Waals surface area contributed by atoms with E-state index < -0.39 is 10.0 Å². The summed E-state index contributed by atoms with van der Waals surface area (Å²) >= 11 is 0. The summed E-state index contributed by atoms with van der Waals surface area (Å²) in [5, 5.41) is 2.83. The van der Waals surface area contributed by atoms with Gasteiger partial charge in [-0.2, -0.15) is 0 Å². The highest BCUT2D eigenvalue weighted by Crippen LogP contribution is 2.36. The summed E-state index contributed by atoms with van der Waals surface area (Å²) in [6.07, 6.45) is 2.63. The van der Waals surface area contributed by atoms with Gasteiger partial charge in [-0.25, -0.2) is 8.42 Å². The fraction of sp³-hybridized carbons (Fsp3) is 0.350. The van der Waals surface area contributed by atoms with E-state index in [1.54, 1.807) is 12.1 Å². The molecule has 1 atom stereocenters. The highest BCUT2D eigenvalue weighted by Gasteiger charge is 2.35. The van der Waals surface area contributed by atoms with Gasteiger partial charge in [0.25, 0.3) is 15.9 Å². The van der Waals surface area contributed by atoms with Crippen LogP contribution in [0, 0.1) is 0 Å². The fourth-order valence-electron chi connectivity index (χ4n) is 3.28. The monoisotopic (exact) mass is 372 g/mol. The van der Waals surface area contributed by atoms with Gasteiger partial charge in [-0.15, -0.1) is 0 Å². The molecule has 26 heavy (non-hydrogen) atoms. The third kappa shape index (κ3) is 3.46. The number of hydrogen-bond acceptors (Lipinski definition) is 3. The minimum absolute atomic E-state index is 0.130. The van der Waals surface area contributed by atoms with E-state index in [0.717, 1.165) is 24.1 Å². The lowest BCUT2D eigenvalue weighted by Crippen LogP contribution is -2.35. The molecule has 2 aromatic carbocycles. The molecule has 6 heteroatoms. The van der Waals surface area contributed by atoms with Crippen LogP contribution in [0.25, 0.3) is 0 Å². The number of sulfonamides is 1. The second kappa shape index (κ2) is 7.50. The van der Waals surface area contributed by atoms with Gasteiger partial charge in [0.2, 0.25) is 0 Å². The molecule has 138 valence electrons. The van der Waals surface area contributed by atoms with Crippen molar-refractivity contribution in [2.45, 2.75) is 44.0 Å². The highest BCUT2D eigenvalue weighted by atomic mass is 32.2. The number of para-hydroxylation sites is 1. The first-order chi connectivity index (χ1) is 12.4. The number of nitrogens with zero attached hydrogens (tertiary/aromatic N) is 1. The summed E-state index contributed by atoms with van der Waals surface area (Å²) in [7, 11) is -3.66. The molecule has 1 aliphatic rings. The summed E-state index contributed by atoms with van der Waals surface area (Å²) in [5.41, 5.74) is 2.24. The summed E-state index contributed by atoms with van der Waals surface area (Å²) in [6, 6.07) is 13.6. The Morgan fingerprint density at radius 1 is 1.15 bits per heavy atom. The van der Waals surface area contributed by atoms with Crippen LogP contribution in [0.1, 0.15) is 42.6 Å². The van der Waals surface area contributed by atoms with Gasteiger partial charge in [-0.05, 0) is 55.7 Å². The molecule has 0 saturated carbocycles. The van der Waals surface area contributed by atoms with Crippen LogP contribution in [-0.2, 0) is 16.4 Å². The number of benzene rings is 2. The molecule has 0 radical (unpaired) electrons. The largest absolute Gasteiger partial charge is 0.352 e. The summed E-state index contributed by atoms with van der Waals surface area (Å²) < 4.78 is 27.7. The molecule has 1 N–H and O–H groups in total. The van der Waals surface area contributed by atoms with E-state index in [4.69, 9.17) is 0 Å². The maximum absolute atomic E-state index is 13.1. The fourth-order valence-corrected chi connectivity index (χ4v) is 4.97. The second-order valence-electron chi connectivity index (χ2n) is 6.62. The quantitative estimate of drug-likeness (QED) is 0.791. The van der Waals surface area contributed by atoms with Crippen molar-refractivity contribution >= 4 is 21.6 Å². The Balaban J connectivity index is 1.83. The SMILES string of the molecule is CCCCNC(=O)c1ccc(S(=O)(=O)N2c3ccccc3CC2C)cc1. The first kappa shape index (κ1) is 18.5. The van der Waals surface area contributed by atoms with Crippen LogP contribution in [0.4, 0.5) is 5.69 Å². The molecule has 0 fully saturated rings. The van der Waals surface area contributed by atoms with Crippen molar-refractivity contribution < 1.29 is 13.2 Å². The van der Waals surface area contributed by atoms with Crippen LogP contribution in [-0.4, -0.2) is 26.9 Å². The average molecular weight is 372 g/mol. The molecule has 0 spiro atoms. The molecule has 3 rings (SSSR count). The zero-order chi connectivity index (χ0) is 18.7. The van der Waals surface area contributed by atoms with E-state index in [1.807, 2.05) is 31.2 Å². The Bertz CT molecular complexity index is 892. The molecule has 5 nitrogen and oxygen atoms in total. The molecule has 1 heterocycles. The van der Waals surface area contributed by atoms with Gasteiger partial charge < -0.3 is 5.32 Å². The Labute approximate surface area is 155 Å². The number of hydrogen-bond donors (Lipinski definition) is 1. The molecule has 0 bridgehead atoms. The van der Waals surface area contributed by atoms with Crippen molar-refractivity contribution in [1.29, 1.82) is 0 Å². The average Bonchev–Trinajstić information content (AvgIpc) is 2.98. The lowest BCUT2D eigenvalue weighted by atomic mass is 10.1. The van der Waals surface area contributed by atoms with E-state index in [1.165, 1.54) is 16.4 Å². The molecule has 1 amide bonds. The zero-order valence-electron chi connectivity index (χ0n) is 15.1. The summed E-state index contributed by atoms with van der Waals surface area (Å²) in [6.45, 7) is 4.59. The molecule has 0 saturated heterocycles. The first-order valence-corrected chi connectivity index (χ1v) is 10.4. The van der Waals surface area contributed by atoms with Crippen LogP contribution in [0.15, 0.2) is 53.4 Å². The van der Waals surface area contributed by atoms with Crippen molar-refractivity contribution in [3.8, 4) is 0 Å². The third-order valence-electron chi connectivity index (χ3n) is 4.63. The third-order valence-corrected chi connectivity index (χ3v) is 6.58. The van der Waals surface area contributed by atoms with Crippen molar-refractivity contribution in [3.05, 3.63) is 59.7 Å². The lowest BCUT2D eigenvalue weighted by molar-refractivity contribution is 0.0953. The van der Waals surface area contributed by atoms with E-state index in [0.29, 0.717) is 18.5 Å². The van der Waals surface area contributed by atoms with Gasteiger partial charge in [0.15, 0.2) is 0 Å². The predicted octanol–water partition coefficient (Wildman–Crippen LogP) is 3.36. The topological polar surface area (TPSA) is 66.5 Å². The van der Waals surface area contributed by atoms with Gasteiger partial charge in [0, 0.05) is 18.2 Å². The Hall–Kier alpha value is -2.34. The number of rotatable bonds is 6. The first-order valence-electron chi connectivity index (χ1n) is 8.95. The Morgan fingerprint density at radius 2 is 1.85 bits per heavy atom. The number of nitrogens with one attached hydrogen (secondary N) is 1. The number of unbranched alkanes of at least 4 members (excludes halogenated alkanes) is 1. The van der Waals surface area contributed by atoms with E-state index in [2.05, 4.69) is 12.2 Å². The summed E-state index contributed by atoms with van der Waals surface area (Å²) in [5.74, 6) is -0.178. The number of carbonyl (C=O) groups is 1. The van der Waals surface area contributed by atoms with E-state index in [-0.39, 0.29) is 16.8 Å². The maximum Gasteiger partial charge on any atom is 0.264 e. The standard InChI is InChI=1S/C20H24N2O3S/c1-3-4-13-21-20(23)16-9-11-18(12-10-16)26(24,25)22-15(2)14-17-7-5-6-8-19(17)22/h5-12,15H,3-4,13-14H2,1-2H3,(H,21,23). The molecule has 0 aromatic heterocycles. The van der Waals surface area contributed by atoms with Crippen LogP contribution in [0.5, 0.6) is 0 Å². The smallest absolute Gasteiger partial charge is 0.264 e. The van der Waals surface area contributed by atoms with Crippen molar-refractivity contribution in [3.63, 3.8) is 0 Å². The van der Waals surface area contributed by atoms with Crippen LogP contribution in [0.2, 0.25) is 0 Å². The Morgan fingerprint density at radius 3 is 2.54 bits per heavy atom. The molecular weight excluding hydrogens is 348 g/mol. The molecular formula is C20H24N2O3S. The summed E-state index contributed by atoms with van der Waals surface area (Å²) in [4.78, 5) is 12.3. The van der Waals surface area contributed by atoms with Crippen molar-refractivity contribution in [2.75, 3.05) is 10.8 Å². The number of anilines is 1. The van der Waals surface area contributed by atoms with Crippen LogP contribution < -0.4 is 9.62 Å². The Kier molecular flexibility index (Phi) is 5.32. The predicted molar refractivity (Wildman–Crippen MR) is 103 cm³/mol. The zero-order valence-corrected chi connectivity index (χ0v) is 15.9. The maximum atomic E-state index is 13.1. The van der Waals surface area contributed by atoms with Gasteiger partial charge in [-0.3, -0.25) is 9.10 Å². The van der Waals surface area contributed by atoms with Gasteiger partial charge in [0.1, 0.15) is 0 Å². The number of fused-ring (bicyclic) bond motifs is 1. The molecule has 0 aliphatic carbocycles. The molecule has 1 unspecified atom stereocenters. The molecule has 1 aliphatic heterocycles. The van der Waals surface area contributed by atoms with E-state index >= 15 is 0 Å². The normalized spacial score (nSPS) is 16.4. The second-order valence-corrected chi connectivity index (χ2v) is 8.43. The van der Waals surface area contributed by atoms with Gasteiger partial charge in [-0.1, -0.05) is 31.5 Å². The van der Waals surface area contributed by atoms with Crippen molar-refractivity contribution in [1.82, 2.24) is 5.32 Å². The van der Waals surface area contributed by atoms with Crippen molar-refractivity contribution in [2.24, 2.45) is 0 Å². The van der Waals surface area contributed by atoms with E-state index in [9.17, 15) is 13.2 Å². The van der Waals surface area contributed by atoms with Crippen LogP contribution in [0.3, 0.4) is 0 Å². The van der Waals surface area contributed by atoms with Gasteiger partial charge in [0.05, 0.1) is 10.6 Å². The highest BCUT2D eigenvalue weighted by molar-refractivity contribution is 7.92. The number of amides is 1. The minimum atomic E-state index is -3.66. The lowest BCUT2D eigenvalue weighted by Gasteiger charge is -2.24. The molecule has 2 aromatic rings. The van der Waals surface area contributed by atoms with Crippen LogP contribution >= 0.6 is 0 Å².